The lowest BCUT2D eigenvalue weighted by molar-refractivity contribution is 0.353. The zero-order valence-corrected chi connectivity index (χ0v) is 39.6. The quantitative estimate of drug-likeness (QED) is 0.0675. The molecule has 0 radical (unpaired) electrons. The van der Waals surface area contributed by atoms with Crippen molar-refractivity contribution in [2.75, 3.05) is 0 Å². The summed E-state index contributed by atoms with van der Waals surface area (Å²) in [5, 5.41) is 20.7. The Bertz CT molecular complexity index is 1060. The Labute approximate surface area is 346 Å². The topological polar surface area (TPSA) is 40.5 Å². The second kappa shape index (κ2) is 30.8. The molecule has 55 heavy (non-hydrogen) atoms. The van der Waals surface area contributed by atoms with Crippen LogP contribution in [-0.4, -0.2) is 10.2 Å². The molecule has 0 bridgehead atoms. The molecule has 0 aliphatic rings. The molecule has 8 atom stereocenters. The molecule has 0 spiro atoms. The average molecular weight is 769 g/mol. The zero-order valence-electron chi connectivity index (χ0n) is 39.6. The molecule has 0 amide bonds. The number of benzene rings is 1. The van der Waals surface area contributed by atoms with E-state index in [0.29, 0.717) is 17.4 Å². The van der Waals surface area contributed by atoms with Gasteiger partial charge in [-0.25, -0.2) is 0 Å². The molecule has 0 aromatic heterocycles. The lowest BCUT2D eigenvalue weighted by atomic mass is 9.88. The number of aromatic hydroxyl groups is 2. The highest BCUT2D eigenvalue weighted by molar-refractivity contribution is 5.51. The number of hydrogen-bond acceptors (Lipinski definition) is 2. The van der Waals surface area contributed by atoms with Crippen LogP contribution in [0.2, 0.25) is 0 Å². The van der Waals surface area contributed by atoms with Gasteiger partial charge < -0.3 is 10.2 Å². The van der Waals surface area contributed by atoms with Gasteiger partial charge in [0.1, 0.15) is 11.5 Å². The van der Waals surface area contributed by atoms with Crippen LogP contribution in [0.25, 0.3) is 0 Å². The van der Waals surface area contributed by atoms with E-state index in [4.69, 9.17) is 0 Å². The molecule has 0 aliphatic heterocycles. The van der Waals surface area contributed by atoms with Crippen LogP contribution in [0.5, 0.6) is 11.5 Å². The van der Waals surface area contributed by atoms with E-state index in [1.54, 1.807) is 6.07 Å². The van der Waals surface area contributed by atoms with Gasteiger partial charge in [0.15, 0.2) is 0 Å². The van der Waals surface area contributed by atoms with Gasteiger partial charge in [-0.1, -0.05) is 223 Å². The van der Waals surface area contributed by atoms with Crippen LogP contribution in [0.15, 0.2) is 6.07 Å². The van der Waals surface area contributed by atoms with Gasteiger partial charge in [-0.2, -0.15) is 0 Å². The third kappa shape index (κ3) is 26.4. The number of rotatable bonds is 35. The third-order valence-corrected chi connectivity index (χ3v) is 14.1. The maximum absolute atomic E-state index is 10.5. The molecule has 2 nitrogen and oxygen atoms in total. The molecule has 1 aromatic carbocycles. The van der Waals surface area contributed by atoms with E-state index in [-0.39, 0.29) is 0 Å². The molecule has 0 saturated carbocycles. The van der Waals surface area contributed by atoms with Gasteiger partial charge in [0, 0.05) is 0 Å². The molecular weight excluding hydrogens is 669 g/mol. The summed E-state index contributed by atoms with van der Waals surface area (Å²) >= 11 is 0. The van der Waals surface area contributed by atoms with Crippen LogP contribution in [0.4, 0.5) is 0 Å². The lowest BCUT2D eigenvalue weighted by Gasteiger charge is -2.18. The van der Waals surface area contributed by atoms with E-state index in [9.17, 15) is 10.2 Å². The molecule has 0 aliphatic carbocycles. The Hall–Kier alpha value is -1.18. The fourth-order valence-corrected chi connectivity index (χ4v) is 9.28. The third-order valence-electron chi connectivity index (χ3n) is 14.1. The number of aryl methyl sites for hydroxylation is 1. The number of hydrogen-bond donors (Lipinski definition) is 2. The highest BCUT2D eigenvalue weighted by Crippen LogP contribution is 2.34. The van der Waals surface area contributed by atoms with Gasteiger partial charge in [-0.3, -0.25) is 0 Å². The minimum absolute atomic E-state index is 0.306. The standard InChI is InChI=1S/C53H100O2/c1-40(2)21-13-22-41(3)23-14-24-42(4)25-15-26-43(5)27-16-28-44(6)29-17-30-45(7)31-18-32-46(8)33-19-34-47(9)35-20-36-48(10)37-38-51-39-52(54)49(11)50(12)53(51)55/h39-48,54-55H,13-38H2,1-12H3/t41-,42+,43+,44-,45+,46-,47+,48+/m1/s1. The van der Waals surface area contributed by atoms with Gasteiger partial charge >= 0.3 is 0 Å². The molecular formula is C53H100O2. The van der Waals surface area contributed by atoms with E-state index in [0.717, 1.165) is 76.9 Å². The normalized spacial score (nSPS) is 16.5. The van der Waals surface area contributed by atoms with Crippen molar-refractivity contribution in [3.05, 3.63) is 22.8 Å². The minimum Gasteiger partial charge on any atom is -0.508 e. The van der Waals surface area contributed by atoms with Gasteiger partial charge in [0.2, 0.25) is 0 Å². The van der Waals surface area contributed by atoms with Crippen molar-refractivity contribution in [3.63, 3.8) is 0 Å². The molecule has 1 rings (SSSR count). The maximum atomic E-state index is 10.5. The van der Waals surface area contributed by atoms with E-state index in [1.807, 2.05) is 13.8 Å². The lowest BCUT2D eigenvalue weighted by Crippen LogP contribution is -2.03. The van der Waals surface area contributed by atoms with Crippen LogP contribution in [0, 0.1) is 67.1 Å². The predicted octanol–water partition coefficient (Wildman–Crippen LogP) is 17.8. The van der Waals surface area contributed by atoms with Crippen molar-refractivity contribution in [1.29, 1.82) is 0 Å². The van der Waals surface area contributed by atoms with Crippen molar-refractivity contribution < 1.29 is 10.2 Å². The Morgan fingerprint density at radius 3 is 0.836 bits per heavy atom. The summed E-state index contributed by atoms with van der Waals surface area (Å²) in [6, 6.07) is 1.76. The maximum Gasteiger partial charge on any atom is 0.122 e. The van der Waals surface area contributed by atoms with Crippen LogP contribution < -0.4 is 0 Å². The molecule has 0 saturated heterocycles. The highest BCUT2D eigenvalue weighted by atomic mass is 16.3. The number of phenols is 2. The van der Waals surface area contributed by atoms with Crippen LogP contribution >= 0.6 is 0 Å². The monoisotopic (exact) mass is 769 g/mol. The molecule has 2 N–H and O–H groups in total. The van der Waals surface area contributed by atoms with Gasteiger partial charge in [-0.05, 0) is 103 Å². The molecule has 0 fully saturated rings. The summed E-state index contributed by atoms with van der Waals surface area (Å²) in [4.78, 5) is 0. The van der Waals surface area contributed by atoms with Crippen molar-refractivity contribution in [2.24, 2.45) is 53.3 Å². The van der Waals surface area contributed by atoms with Crippen LogP contribution in [0.3, 0.4) is 0 Å². The average Bonchev–Trinajstić information content (AvgIpc) is 3.11. The summed E-state index contributed by atoms with van der Waals surface area (Å²) in [6.07, 6.45) is 35.7. The Balaban J connectivity index is 2.01. The second-order valence-corrected chi connectivity index (χ2v) is 20.9. The van der Waals surface area contributed by atoms with E-state index >= 15 is 0 Å². The first kappa shape index (κ1) is 51.8. The van der Waals surface area contributed by atoms with E-state index in [1.165, 1.54) is 154 Å². The van der Waals surface area contributed by atoms with Crippen LogP contribution in [-0.2, 0) is 6.42 Å². The van der Waals surface area contributed by atoms with Crippen molar-refractivity contribution in [2.45, 2.75) is 250 Å². The summed E-state index contributed by atoms with van der Waals surface area (Å²) < 4.78 is 0. The molecule has 0 unspecified atom stereocenters. The van der Waals surface area contributed by atoms with Crippen molar-refractivity contribution in [1.82, 2.24) is 0 Å². The first-order valence-electron chi connectivity index (χ1n) is 24.6. The predicted molar refractivity (Wildman–Crippen MR) is 247 cm³/mol. The second-order valence-electron chi connectivity index (χ2n) is 20.9. The van der Waals surface area contributed by atoms with Crippen LogP contribution in [0.1, 0.15) is 246 Å². The summed E-state index contributed by atoms with van der Waals surface area (Å²) in [5.41, 5.74) is 2.49. The Morgan fingerprint density at radius 1 is 0.345 bits per heavy atom. The van der Waals surface area contributed by atoms with E-state index < -0.39 is 0 Å². The summed E-state index contributed by atoms with van der Waals surface area (Å²) in [6.45, 7) is 28.3. The van der Waals surface area contributed by atoms with Gasteiger partial charge in [0.05, 0.1) is 0 Å². The highest BCUT2D eigenvalue weighted by Gasteiger charge is 2.14. The SMILES string of the molecule is Cc1c(O)cc(CC[C@@H](C)CCC[C@@H](C)CCC[C@H](C)CCC[C@@H](C)CCC[C@H](C)CCC[C@@H](C)CCC[C@@H](C)CCC[C@H](C)CCCC(C)C)c(O)c1C. The fraction of sp³-hybridized carbons (Fsp3) is 0.887. The molecule has 0 heterocycles. The van der Waals surface area contributed by atoms with Gasteiger partial charge in [-0.15, -0.1) is 0 Å². The smallest absolute Gasteiger partial charge is 0.122 e. The van der Waals surface area contributed by atoms with Gasteiger partial charge in [0.25, 0.3) is 0 Å². The fourth-order valence-electron chi connectivity index (χ4n) is 9.28. The molecule has 324 valence electrons. The van der Waals surface area contributed by atoms with Crippen molar-refractivity contribution >= 4 is 0 Å². The first-order valence-corrected chi connectivity index (χ1v) is 24.6. The summed E-state index contributed by atoms with van der Waals surface area (Å²) in [7, 11) is 0. The number of phenolic OH excluding ortho intramolecular Hbond substituents is 2. The molecule has 1 aromatic rings. The largest absolute Gasteiger partial charge is 0.508 e. The zero-order chi connectivity index (χ0) is 41.2. The summed E-state index contributed by atoms with van der Waals surface area (Å²) in [5.74, 6) is 8.42. The Morgan fingerprint density at radius 2 is 0.582 bits per heavy atom. The molecule has 2 heteroatoms. The Kier molecular flexibility index (Phi) is 29.1. The first-order chi connectivity index (χ1) is 26.1. The minimum atomic E-state index is 0.306. The van der Waals surface area contributed by atoms with Crippen molar-refractivity contribution in [3.8, 4) is 11.5 Å². The van der Waals surface area contributed by atoms with E-state index in [2.05, 4.69) is 69.2 Å².